The Morgan fingerprint density at radius 3 is 2.65 bits per heavy atom. The number of hydrogen-bond donors (Lipinski definition) is 1. The summed E-state index contributed by atoms with van der Waals surface area (Å²) >= 11 is 0. The van der Waals surface area contributed by atoms with E-state index in [1.165, 1.54) is 17.8 Å². The molecule has 1 aliphatic heterocycles. The van der Waals surface area contributed by atoms with Gasteiger partial charge in [0.25, 0.3) is 5.91 Å². The quantitative estimate of drug-likeness (QED) is 0.842. The third-order valence-electron chi connectivity index (χ3n) is 2.97. The second kappa shape index (κ2) is 4.57. The first-order valence-corrected chi connectivity index (χ1v) is 5.67. The summed E-state index contributed by atoms with van der Waals surface area (Å²) in [6.45, 7) is 3.06. The number of likely N-dealkylation sites (tertiary alicyclic amines) is 1. The Hall–Kier alpha value is -1.85. The minimum absolute atomic E-state index is 0.112. The number of carboxylic acids is 1. The summed E-state index contributed by atoms with van der Waals surface area (Å²) in [7, 11) is 0. The van der Waals surface area contributed by atoms with Crippen molar-refractivity contribution in [1.82, 2.24) is 14.7 Å². The van der Waals surface area contributed by atoms with Gasteiger partial charge in [-0.2, -0.15) is 5.10 Å². The van der Waals surface area contributed by atoms with Crippen molar-refractivity contribution in [3.05, 3.63) is 18.0 Å². The molecule has 0 bridgehead atoms. The first-order chi connectivity index (χ1) is 8.09. The van der Waals surface area contributed by atoms with E-state index >= 15 is 0 Å². The highest BCUT2D eigenvalue weighted by Gasteiger charge is 2.22. The molecule has 17 heavy (non-hydrogen) atoms. The van der Waals surface area contributed by atoms with Crippen molar-refractivity contribution >= 4 is 11.9 Å². The van der Waals surface area contributed by atoms with Crippen molar-refractivity contribution < 1.29 is 14.7 Å². The fourth-order valence-corrected chi connectivity index (χ4v) is 1.86. The van der Waals surface area contributed by atoms with Gasteiger partial charge in [-0.3, -0.25) is 9.48 Å². The normalized spacial score (nSPS) is 17.1. The van der Waals surface area contributed by atoms with E-state index in [0.717, 1.165) is 25.9 Å². The van der Waals surface area contributed by atoms with E-state index in [-0.39, 0.29) is 5.91 Å². The van der Waals surface area contributed by atoms with Crippen molar-refractivity contribution in [3.8, 4) is 0 Å². The molecule has 0 spiro atoms. The van der Waals surface area contributed by atoms with Crippen LogP contribution in [0.3, 0.4) is 0 Å². The molecule has 1 aromatic heterocycles. The molecule has 0 aromatic carbocycles. The molecule has 0 saturated carbocycles. The predicted molar refractivity (Wildman–Crippen MR) is 59.7 cm³/mol. The summed E-state index contributed by atoms with van der Waals surface area (Å²) in [5, 5.41) is 12.9. The molecule has 92 valence electrons. The molecule has 0 radical (unpaired) electrons. The highest BCUT2D eigenvalue weighted by molar-refractivity contribution is 5.92. The van der Waals surface area contributed by atoms with Crippen LogP contribution in [0.15, 0.2) is 12.3 Å². The Bertz CT molecular complexity index is 435. The Balaban J connectivity index is 2.12. The average Bonchev–Trinajstić information content (AvgIpc) is 2.98. The molecular weight excluding hydrogens is 222 g/mol. The van der Waals surface area contributed by atoms with Crippen molar-refractivity contribution in [2.45, 2.75) is 25.8 Å². The highest BCUT2D eigenvalue weighted by Crippen LogP contribution is 2.13. The van der Waals surface area contributed by atoms with Crippen LogP contribution in [0.1, 0.15) is 36.3 Å². The fourth-order valence-electron chi connectivity index (χ4n) is 1.86. The van der Waals surface area contributed by atoms with E-state index in [1.807, 2.05) is 0 Å². The van der Waals surface area contributed by atoms with E-state index in [1.54, 1.807) is 11.0 Å². The van der Waals surface area contributed by atoms with Crippen LogP contribution in [-0.4, -0.2) is 44.8 Å². The van der Waals surface area contributed by atoms with E-state index < -0.39 is 12.0 Å². The maximum Gasteiger partial charge on any atom is 0.328 e. The van der Waals surface area contributed by atoms with Gasteiger partial charge in [-0.25, -0.2) is 4.79 Å². The number of aromatic nitrogens is 2. The fraction of sp³-hybridized carbons (Fsp3) is 0.545. The first kappa shape index (κ1) is 11.6. The van der Waals surface area contributed by atoms with Crippen LogP contribution in [-0.2, 0) is 4.79 Å². The van der Waals surface area contributed by atoms with Crippen molar-refractivity contribution in [3.63, 3.8) is 0 Å². The van der Waals surface area contributed by atoms with Crippen LogP contribution in [0.5, 0.6) is 0 Å². The zero-order chi connectivity index (χ0) is 12.4. The van der Waals surface area contributed by atoms with E-state index in [4.69, 9.17) is 5.11 Å². The number of hydrogen-bond acceptors (Lipinski definition) is 3. The molecule has 1 aliphatic rings. The summed E-state index contributed by atoms with van der Waals surface area (Å²) in [6, 6.07) is 0.815. The molecule has 1 amide bonds. The van der Waals surface area contributed by atoms with Gasteiger partial charge >= 0.3 is 5.97 Å². The third-order valence-corrected chi connectivity index (χ3v) is 2.97. The van der Waals surface area contributed by atoms with Gasteiger partial charge < -0.3 is 10.0 Å². The summed E-state index contributed by atoms with van der Waals surface area (Å²) in [6.07, 6.45) is 3.58. The van der Waals surface area contributed by atoms with Crippen molar-refractivity contribution in [2.75, 3.05) is 13.1 Å². The maximum absolute atomic E-state index is 12.0. The summed E-state index contributed by atoms with van der Waals surface area (Å²) in [5.41, 5.74) is 0.319. The molecule has 1 atom stereocenters. The monoisotopic (exact) mass is 237 g/mol. The van der Waals surface area contributed by atoms with E-state index in [0.29, 0.717) is 5.69 Å². The number of carboxylic acid groups (broad SMARTS) is 1. The lowest BCUT2D eigenvalue weighted by Crippen LogP contribution is -2.28. The second-order valence-electron chi connectivity index (χ2n) is 4.19. The Morgan fingerprint density at radius 2 is 2.06 bits per heavy atom. The molecular formula is C11H15N3O3. The highest BCUT2D eigenvalue weighted by atomic mass is 16.4. The number of carbonyl (C=O) groups is 2. The Morgan fingerprint density at radius 1 is 1.41 bits per heavy atom. The van der Waals surface area contributed by atoms with Gasteiger partial charge in [0.15, 0.2) is 0 Å². The van der Waals surface area contributed by atoms with Gasteiger partial charge in [-0.05, 0) is 25.8 Å². The average molecular weight is 237 g/mol. The number of amides is 1. The lowest BCUT2D eigenvalue weighted by molar-refractivity contribution is -0.140. The molecule has 0 aliphatic carbocycles. The topological polar surface area (TPSA) is 75.4 Å². The molecule has 1 N–H and O–H groups in total. The van der Waals surface area contributed by atoms with Gasteiger partial charge in [0, 0.05) is 19.3 Å². The largest absolute Gasteiger partial charge is 0.480 e. The Labute approximate surface area is 98.8 Å². The van der Waals surface area contributed by atoms with Crippen molar-refractivity contribution in [2.24, 2.45) is 0 Å². The molecule has 6 heteroatoms. The van der Waals surface area contributed by atoms with Gasteiger partial charge in [-0.1, -0.05) is 0 Å². The second-order valence-corrected chi connectivity index (χ2v) is 4.19. The van der Waals surface area contributed by atoms with Crippen LogP contribution in [0.2, 0.25) is 0 Å². The standard InChI is InChI=1S/C11H15N3O3/c1-8(11(16)17)14-7-4-9(12-14)10(15)13-5-2-3-6-13/h4,7-8H,2-3,5-6H2,1H3,(H,16,17). The molecule has 6 nitrogen and oxygen atoms in total. The van der Waals surface area contributed by atoms with E-state index in [9.17, 15) is 9.59 Å². The molecule has 1 unspecified atom stereocenters. The minimum atomic E-state index is -0.965. The van der Waals surface area contributed by atoms with Gasteiger partial charge in [0.2, 0.25) is 0 Å². The number of nitrogens with zero attached hydrogens (tertiary/aromatic N) is 3. The summed E-state index contributed by atoms with van der Waals surface area (Å²) in [5.74, 6) is -1.08. The van der Waals surface area contributed by atoms with Gasteiger partial charge in [0.1, 0.15) is 11.7 Å². The number of aliphatic carboxylic acids is 1. The summed E-state index contributed by atoms with van der Waals surface area (Å²) < 4.78 is 1.30. The number of rotatable bonds is 3. The minimum Gasteiger partial charge on any atom is -0.480 e. The van der Waals surface area contributed by atoms with Gasteiger partial charge in [-0.15, -0.1) is 0 Å². The molecule has 2 rings (SSSR count). The first-order valence-electron chi connectivity index (χ1n) is 5.67. The maximum atomic E-state index is 12.0. The molecule has 2 heterocycles. The third kappa shape index (κ3) is 2.30. The van der Waals surface area contributed by atoms with Crippen LogP contribution in [0.25, 0.3) is 0 Å². The zero-order valence-electron chi connectivity index (χ0n) is 9.67. The zero-order valence-corrected chi connectivity index (χ0v) is 9.67. The lowest BCUT2D eigenvalue weighted by atomic mass is 10.3. The molecule has 1 saturated heterocycles. The predicted octanol–water partition coefficient (Wildman–Crippen LogP) is 0.765. The molecule has 1 fully saturated rings. The van der Waals surface area contributed by atoms with Crippen LogP contribution in [0, 0.1) is 0 Å². The van der Waals surface area contributed by atoms with Crippen LogP contribution in [0.4, 0.5) is 0 Å². The Kier molecular flexibility index (Phi) is 3.12. The van der Waals surface area contributed by atoms with Crippen LogP contribution >= 0.6 is 0 Å². The smallest absolute Gasteiger partial charge is 0.328 e. The molecule has 1 aromatic rings. The van der Waals surface area contributed by atoms with Crippen molar-refractivity contribution in [1.29, 1.82) is 0 Å². The SMILES string of the molecule is CC(C(=O)O)n1ccc(C(=O)N2CCCC2)n1. The number of carbonyl (C=O) groups excluding carboxylic acids is 1. The summed E-state index contributed by atoms with van der Waals surface area (Å²) in [4.78, 5) is 24.5. The lowest BCUT2D eigenvalue weighted by Gasteiger charge is -2.13. The van der Waals surface area contributed by atoms with E-state index in [2.05, 4.69) is 5.10 Å². The van der Waals surface area contributed by atoms with Gasteiger partial charge in [0.05, 0.1) is 0 Å². The van der Waals surface area contributed by atoms with Crippen LogP contribution < -0.4 is 0 Å².